The lowest BCUT2D eigenvalue weighted by Gasteiger charge is -2.24. The summed E-state index contributed by atoms with van der Waals surface area (Å²) in [5.41, 5.74) is 1.10. The molecule has 0 bridgehead atoms. The number of carbonyl (C=O) groups excluding carboxylic acids is 3. The number of aromatic amines is 2. The maximum Gasteiger partial charge on any atom is 0.243 e. The van der Waals surface area contributed by atoms with Gasteiger partial charge in [0.15, 0.2) is 0 Å². The summed E-state index contributed by atoms with van der Waals surface area (Å²) in [4.78, 5) is 51.1. The van der Waals surface area contributed by atoms with Crippen molar-refractivity contribution in [1.29, 1.82) is 0 Å². The molecule has 2 aromatic heterocycles. The molecule has 2 aromatic rings. The molecule has 0 aromatic carbocycles. The molecule has 3 rings (SSSR count). The van der Waals surface area contributed by atoms with Gasteiger partial charge < -0.3 is 35.4 Å². The Morgan fingerprint density at radius 1 is 1.16 bits per heavy atom. The first-order valence-corrected chi connectivity index (χ1v) is 10.6. The Kier molecular flexibility index (Phi) is 7.75. The number of aldehydes is 1. The van der Waals surface area contributed by atoms with E-state index in [0.717, 1.165) is 5.69 Å². The third-order valence-electron chi connectivity index (χ3n) is 5.03. The second-order valence-corrected chi connectivity index (χ2v) is 8.92. The molecule has 1 aliphatic heterocycles. The zero-order chi connectivity index (χ0) is 23.1. The SMILES string of the molecule is CC(C)(C)O[C@H]1CN[C@H](C(=O)N[C@@H](Cc2cnc[nH]2)C(=O)N[C@H](C=O)Cc2cnc[nH]2)C1. The minimum absolute atomic E-state index is 0.0838. The first kappa shape index (κ1) is 23.6. The van der Waals surface area contributed by atoms with Crippen LogP contribution in [0, 0.1) is 0 Å². The summed E-state index contributed by atoms with van der Waals surface area (Å²) in [6.07, 6.45) is 7.77. The summed E-state index contributed by atoms with van der Waals surface area (Å²) < 4.78 is 5.95. The quantitative estimate of drug-likeness (QED) is 0.313. The first-order chi connectivity index (χ1) is 15.2. The number of imidazole rings is 2. The average Bonchev–Trinajstić information content (AvgIpc) is 3.48. The second kappa shape index (κ2) is 10.5. The third-order valence-corrected chi connectivity index (χ3v) is 5.03. The molecule has 32 heavy (non-hydrogen) atoms. The lowest BCUT2D eigenvalue weighted by atomic mass is 10.1. The largest absolute Gasteiger partial charge is 0.371 e. The van der Waals surface area contributed by atoms with Gasteiger partial charge in [0.1, 0.15) is 12.3 Å². The normalized spacial score (nSPS) is 20.5. The van der Waals surface area contributed by atoms with E-state index in [1.54, 1.807) is 12.4 Å². The molecular weight excluding hydrogens is 414 g/mol. The highest BCUT2D eigenvalue weighted by Gasteiger charge is 2.34. The van der Waals surface area contributed by atoms with Crippen LogP contribution in [0.25, 0.3) is 0 Å². The molecule has 11 nitrogen and oxygen atoms in total. The standard InChI is InChI=1S/C21H31N7O4/c1-21(2,3)32-16-6-17(24-9-16)19(30)28-18(5-14-8-23-12-26-14)20(31)27-15(10-29)4-13-7-22-11-25-13/h7-8,10-12,15-18,24H,4-6,9H2,1-3H3,(H,22,25)(H,23,26)(H,27,31)(H,28,30)/t15-,16+,17-,18-/m0/s1. The summed E-state index contributed by atoms with van der Waals surface area (Å²) >= 11 is 0. The molecule has 5 N–H and O–H groups in total. The van der Waals surface area contributed by atoms with Crippen molar-refractivity contribution in [3.05, 3.63) is 36.4 Å². The molecule has 2 amide bonds. The number of amides is 2. The van der Waals surface area contributed by atoms with Crippen molar-refractivity contribution in [2.45, 2.75) is 69.9 Å². The van der Waals surface area contributed by atoms with Gasteiger partial charge in [-0.3, -0.25) is 9.59 Å². The van der Waals surface area contributed by atoms with E-state index in [9.17, 15) is 14.4 Å². The van der Waals surface area contributed by atoms with Crippen LogP contribution in [0.4, 0.5) is 0 Å². The summed E-state index contributed by atoms with van der Waals surface area (Å²) in [5.74, 6) is -0.744. The van der Waals surface area contributed by atoms with E-state index in [-0.39, 0.29) is 30.5 Å². The Balaban J connectivity index is 1.62. The van der Waals surface area contributed by atoms with Crippen molar-refractivity contribution in [1.82, 2.24) is 35.9 Å². The van der Waals surface area contributed by atoms with E-state index in [1.807, 2.05) is 20.8 Å². The fourth-order valence-corrected chi connectivity index (χ4v) is 3.64. The molecule has 1 fully saturated rings. The van der Waals surface area contributed by atoms with Gasteiger partial charge in [0.2, 0.25) is 11.8 Å². The van der Waals surface area contributed by atoms with Gasteiger partial charge in [-0.05, 0) is 27.2 Å². The highest BCUT2D eigenvalue weighted by Crippen LogP contribution is 2.18. The lowest BCUT2D eigenvalue weighted by Crippen LogP contribution is -2.54. The summed E-state index contributed by atoms with van der Waals surface area (Å²) in [5, 5.41) is 8.68. The monoisotopic (exact) mass is 445 g/mol. The molecule has 0 unspecified atom stereocenters. The highest BCUT2D eigenvalue weighted by molar-refractivity contribution is 5.91. The van der Waals surface area contributed by atoms with Gasteiger partial charge in [-0.25, -0.2) is 9.97 Å². The van der Waals surface area contributed by atoms with Gasteiger partial charge in [-0.1, -0.05) is 0 Å². The molecule has 0 radical (unpaired) electrons. The van der Waals surface area contributed by atoms with Crippen molar-refractivity contribution < 1.29 is 19.1 Å². The van der Waals surface area contributed by atoms with Gasteiger partial charge in [0.05, 0.1) is 36.4 Å². The Morgan fingerprint density at radius 3 is 2.38 bits per heavy atom. The zero-order valence-corrected chi connectivity index (χ0v) is 18.6. The van der Waals surface area contributed by atoms with Crippen LogP contribution in [0.5, 0.6) is 0 Å². The number of hydrogen-bond acceptors (Lipinski definition) is 7. The maximum atomic E-state index is 13.0. The Bertz CT molecular complexity index is 877. The van der Waals surface area contributed by atoms with Crippen LogP contribution in [-0.2, 0) is 32.0 Å². The summed E-state index contributed by atoms with van der Waals surface area (Å²) in [6.45, 7) is 6.47. The van der Waals surface area contributed by atoms with Crippen LogP contribution in [0.1, 0.15) is 38.6 Å². The van der Waals surface area contributed by atoms with Crippen LogP contribution in [0.3, 0.4) is 0 Å². The van der Waals surface area contributed by atoms with Crippen LogP contribution in [-0.4, -0.2) is 74.4 Å². The molecule has 1 aliphatic rings. The summed E-state index contributed by atoms with van der Waals surface area (Å²) in [6, 6.07) is -2.10. The number of nitrogens with one attached hydrogen (secondary N) is 5. The van der Waals surface area contributed by atoms with Crippen LogP contribution in [0.15, 0.2) is 25.0 Å². The predicted octanol–water partition coefficient (Wildman–Crippen LogP) is -0.368. The van der Waals surface area contributed by atoms with Crippen molar-refractivity contribution in [3.63, 3.8) is 0 Å². The number of carbonyl (C=O) groups is 3. The molecule has 0 aliphatic carbocycles. The lowest BCUT2D eigenvalue weighted by molar-refractivity contribution is -0.131. The van der Waals surface area contributed by atoms with Crippen LogP contribution in [0.2, 0.25) is 0 Å². The van der Waals surface area contributed by atoms with E-state index in [4.69, 9.17) is 4.74 Å². The minimum atomic E-state index is -0.878. The third kappa shape index (κ3) is 6.99. The van der Waals surface area contributed by atoms with Crippen molar-refractivity contribution in [2.75, 3.05) is 6.54 Å². The van der Waals surface area contributed by atoms with Gasteiger partial charge in [-0.2, -0.15) is 0 Å². The van der Waals surface area contributed by atoms with Gasteiger partial charge in [0, 0.05) is 43.2 Å². The van der Waals surface area contributed by atoms with E-state index < -0.39 is 24.0 Å². The van der Waals surface area contributed by atoms with Crippen molar-refractivity contribution >= 4 is 18.1 Å². The molecule has 0 spiro atoms. The van der Waals surface area contributed by atoms with Crippen LogP contribution < -0.4 is 16.0 Å². The molecule has 1 saturated heterocycles. The number of H-pyrrole nitrogens is 2. The van der Waals surface area contributed by atoms with Crippen molar-refractivity contribution in [2.24, 2.45) is 0 Å². The second-order valence-electron chi connectivity index (χ2n) is 8.92. The number of rotatable bonds is 10. The van der Waals surface area contributed by atoms with Crippen molar-refractivity contribution in [3.8, 4) is 0 Å². The van der Waals surface area contributed by atoms with E-state index in [1.165, 1.54) is 12.7 Å². The number of ether oxygens (including phenoxy) is 1. The van der Waals surface area contributed by atoms with Gasteiger partial charge in [0.25, 0.3) is 0 Å². The number of nitrogens with zero attached hydrogens (tertiary/aromatic N) is 2. The molecule has 11 heteroatoms. The van der Waals surface area contributed by atoms with Crippen LogP contribution >= 0.6 is 0 Å². The smallest absolute Gasteiger partial charge is 0.243 e. The Labute approximate surface area is 186 Å². The van der Waals surface area contributed by atoms with E-state index >= 15 is 0 Å². The number of hydrogen-bond donors (Lipinski definition) is 5. The maximum absolute atomic E-state index is 13.0. The average molecular weight is 446 g/mol. The topological polar surface area (TPSA) is 154 Å². The Morgan fingerprint density at radius 2 is 1.81 bits per heavy atom. The molecular formula is C21H31N7O4. The fourth-order valence-electron chi connectivity index (χ4n) is 3.64. The summed E-state index contributed by atoms with van der Waals surface area (Å²) in [7, 11) is 0. The predicted molar refractivity (Wildman–Crippen MR) is 116 cm³/mol. The zero-order valence-electron chi connectivity index (χ0n) is 18.6. The minimum Gasteiger partial charge on any atom is -0.371 e. The highest BCUT2D eigenvalue weighted by atomic mass is 16.5. The molecule has 0 saturated carbocycles. The molecule has 4 atom stereocenters. The van der Waals surface area contributed by atoms with E-state index in [0.29, 0.717) is 24.9 Å². The first-order valence-electron chi connectivity index (χ1n) is 10.6. The fraction of sp³-hybridized carbons (Fsp3) is 0.571. The van der Waals surface area contributed by atoms with Gasteiger partial charge >= 0.3 is 0 Å². The Hall–Kier alpha value is -3.05. The molecule has 3 heterocycles. The van der Waals surface area contributed by atoms with E-state index in [2.05, 4.69) is 35.9 Å². The molecule has 174 valence electrons. The van der Waals surface area contributed by atoms with Gasteiger partial charge in [-0.15, -0.1) is 0 Å². The number of aromatic nitrogens is 4.